The molecule has 1 N–H and O–H groups in total. The molecule has 5 heteroatoms. The highest BCUT2D eigenvalue weighted by Crippen LogP contribution is 2.19. The summed E-state index contributed by atoms with van der Waals surface area (Å²) in [5.41, 5.74) is 1.37. The number of H-pyrrole nitrogens is 1. The van der Waals surface area contributed by atoms with Crippen molar-refractivity contribution in [3.8, 4) is 0 Å². The normalized spacial score (nSPS) is 12.5. The van der Waals surface area contributed by atoms with Gasteiger partial charge in [-0.3, -0.25) is 0 Å². The number of nitrogens with one attached hydrogen (secondary N) is 1. The van der Waals surface area contributed by atoms with Crippen LogP contribution in [0.25, 0.3) is 0 Å². The van der Waals surface area contributed by atoms with Crippen molar-refractivity contribution < 1.29 is 0 Å². The first-order valence-electron chi connectivity index (χ1n) is 5.78. The average Bonchev–Trinajstić information content (AvgIpc) is 2.90. The second-order valence-electron chi connectivity index (χ2n) is 4.03. The summed E-state index contributed by atoms with van der Waals surface area (Å²) in [4.78, 5) is 0. The van der Waals surface area contributed by atoms with E-state index in [1.54, 1.807) is 0 Å². The van der Waals surface area contributed by atoms with Crippen molar-refractivity contribution in [1.29, 1.82) is 0 Å². The highest BCUT2D eigenvalue weighted by Gasteiger charge is 2.13. The highest BCUT2D eigenvalue weighted by atomic mass is 32.1. The molecule has 0 spiro atoms. The second-order valence-corrected chi connectivity index (χ2v) is 4.39. The number of hydrogen-bond acceptors (Lipinski definition) is 4. The Bertz CT molecular complexity index is 415. The Morgan fingerprint density at radius 2 is 2.06 bits per heavy atom. The van der Waals surface area contributed by atoms with Crippen LogP contribution in [-0.4, -0.2) is 26.4 Å². The van der Waals surface area contributed by atoms with Crippen molar-refractivity contribution in [3.05, 3.63) is 41.7 Å². The van der Waals surface area contributed by atoms with Gasteiger partial charge >= 0.3 is 0 Å². The minimum absolute atomic E-state index is 0.292. The predicted molar refractivity (Wildman–Crippen MR) is 70.2 cm³/mol. The summed E-state index contributed by atoms with van der Waals surface area (Å²) < 4.78 is 0. The molecule has 0 amide bonds. The zero-order valence-electron chi connectivity index (χ0n) is 9.58. The molecule has 0 radical (unpaired) electrons. The maximum Gasteiger partial charge on any atom is 0.178 e. The lowest BCUT2D eigenvalue weighted by atomic mass is 10.0. The van der Waals surface area contributed by atoms with Gasteiger partial charge in [0.25, 0.3) is 0 Å². The van der Waals surface area contributed by atoms with Crippen LogP contribution < -0.4 is 0 Å². The maximum atomic E-state index is 4.34. The number of thiol groups is 1. The molecule has 4 nitrogen and oxygen atoms in total. The molecule has 1 heterocycles. The lowest BCUT2D eigenvalue weighted by Crippen LogP contribution is -2.04. The Morgan fingerprint density at radius 1 is 1.24 bits per heavy atom. The molecule has 0 saturated heterocycles. The third-order valence-electron chi connectivity index (χ3n) is 2.81. The van der Waals surface area contributed by atoms with E-state index in [1.165, 1.54) is 5.56 Å². The molecule has 0 aliphatic heterocycles. The van der Waals surface area contributed by atoms with E-state index in [0.717, 1.165) is 30.8 Å². The van der Waals surface area contributed by atoms with Gasteiger partial charge in [-0.25, -0.2) is 0 Å². The fourth-order valence-corrected chi connectivity index (χ4v) is 2.19. The molecule has 0 fully saturated rings. The van der Waals surface area contributed by atoms with E-state index in [4.69, 9.17) is 0 Å². The van der Waals surface area contributed by atoms with Crippen LogP contribution in [0.15, 0.2) is 30.3 Å². The lowest BCUT2D eigenvalue weighted by molar-refractivity contribution is 0.611. The van der Waals surface area contributed by atoms with Crippen LogP contribution in [0.3, 0.4) is 0 Å². The fourth-order valence-electron chi connectivity index (χ4n) is 1.84. The van der Waals surface area contributed by atoms with Gasteiger partial charge in [-0.2, -0.15) is 17.8 Å². The number of nitrogens with zero attached hydrogens (tertiary/aromatic N) is 3. The maximum absolute atomic E-state index is 4.34. The molecular weight excluding hydrogens is 232 g/mol. The van der Waals surface area contributed by atoms with Gasteiger partial charge in [-0.15, -0.1) is 10.2 Å². The number of aromatic nitrogens is 4. The lowest BCUT2D eigenvalue weighted by Gasteiger charge is -2.09. The van der Waals surface area contributed by atoms with E-state index in [1.807, 2.05) is 6.07 Å². The van der Waals surface area contributed by atoms with Crippen molar-refractivity contribution in [2.24, 2.45) is 0 Å². The Balaban J connectivity index is 1.81. The van der Waals surface area contributed by atoms with Gasteiger partial charge in [-0.05, 0) is 24.8 Å². The third kappa shape index (κ3) is 3.56. The van der Waals surface area contributed by atoms with E-state index < -0.39 is 0 Å². The number of benzene rings is 1. The van der Waals surface area contributed by atoms with Gasteiger partial charge in [0.15, 0.2) is 5.82 Å². The molecule has 1 aromatic heterocycles. The van der Waals surface area contributed by atoms with Crippen LogP contribution in [-0.2, 0) is 6.42 Å². The molecule has 0 bridgehead atoms. The first kappa shape index (κ1) is 12.1. The summed E-state index contributed by atoms with van der Waals surface area (Å²) in [5.74, 6) is 1.82. The summed E-state index contributed by atoms with van der Waals surface area (Å²) in [6, 6.07) is 10.5. The second kappa shape index (κ2) is 6.39. The smallest absolute Gasteiger partial charge is 0.178 e. The van der Waals surface area contributed by atoms with E-state index in [-0.39, 0.29) is 0 Å². The molecule has 0 saturated carbocycles. The third-order valence-corrected chi connectivity index (χ3v) is 3.25. The van der Waals surface area contributed by atoms with E-state index in [0.29, 0.717) is 5.92 Å². The minimum Gasteiger partial charge on any atom is -0.179 e. The summed E-state index contributed by atoms with van der Waals surface area (Å²) >= 11 is 4.34. The first-order chi connectivity index (χ1) is 8.40. The number of rotatable bonds is 6. The Kier molecular flexibility index (Phi) is 4.55. The molecule has 0 aliphatic carbocycles. The van der Waals surface area contributed by atoms with E-state index in [2.05, 4.69) is 57.5 Å². The Morgan fingerprint density at radius 3 is 2.71 bits per heavy atom. The van der Waals surface area contributed by atoms with Crippen LogP contribution in [0.2, 0.25) is 0 Å². The van der Waals surface area contributed by atoms with Gasteiger partial charge in [-0.1, -0.05) is 35.5 Å². The van der Waals surface area contributed by atoms with E-state index >= 15 is 0 Å². The standard InChI is InChI=1S/C12H16N4S/c17-9-11(12-13-15-16-14-12)8-4-7-10-5-2-1-3-6-10/h1-3,5-6,11,17H,4,7-9H2,(H,13,14,15,16). The van der Waals surface area contributed by atoms with Crippen molar-refractivity contribution in [3.63, 3.8) is 0 Å². The first-order valence-corrected chi connectivity index (χ1v) is 6.41. The zero-order valence-corrected chi connectivity index (χ0v) is 10.5. The molecular formula is C12H16N4S. The summed E-state index contributed by atoms with van der Waals surface area (Å²) in [5, 5.41) is 14.1. The Labute approximate surface area is 106 Å². The van der Waals surface area contributed by atoms with Crippen LogP contribution in [0.4, 0.5) is 0 Å². The average molecular weight is 248 g/mol. The topological polar surface area (TPSA) is 54.5 Å². The molecule has 90 valence electrons. The van der Waals surface area contributed by atoms with Gasteiger partial charge in [0.05, 0.1) is 0 Å². The Hall–Kier alpha value is -1.36. The van der Waals surface area contributed by atoms with Crippen LogP contribution in [0, 0.1) is 0 Å². The number of aryl methyl sites for hydroxylation is 1. The van der Waals surface area contributed by atoms with Crippen molar-refractivity contribution in [2.75, 3.05) is 5.75 Å². The van der Waals surface area contributed by atoms with Gasteiger partial charge < -0.3 is 0 Å². The van der Waals surface area contributed by atoms with Gasteiger partial charge in [0.2, 0.25) is 0 Å². The van der Waals surface area contributed by atoms with Crippen LogP contribution in [0.1, 0.15) is 30.1 Å². The van der Waals surface area contributed by atoms with Crippen LogP contribution in [0.5, 0.6) is 0 Å². The van der Waals surface area contributed by atoms with Gasteiger partial charge in [0.1, 0.15) is 0 Å². The number of hydrogen-bond donors (Lipinski definition) is 2. The summed E-state index contributed by atoms with van der Waals surface area (Å²) in [7, 11) is 0. The molecule has 17 heavy (non-hydrogen) atoms. The number of aromatic amines is 1. The molecule has 2 aromatic rings. The van der Waals surface area contributed by atoms with Crippen molar-refractivity contribution in [1.82, 2.24) is 20.6 Å². The highest BCUT2D eigenvalue weighted by molar-refractivity contribution is 7.80. The van der Waals surface area contributed by atoms with Crippen molar-refractivity contribution >= 4 is 12.6 Å². The SMILES string of the molecule is SCC(CCCc1ccccc1)c1nn[nH]n1. The molecule has 1 aromatic carbocycles. The molecule has 1 unspecified atom stereocenters. The monoisotopic (exact) mass is 248 g/mol. The number of tetrazole rings is 1. The fraction of sp³-hybridized carbons (Fsp3) is 0.417. The van der Waals surface area contributed by atoms with Crippen LogP contribution >= 0.6 is 12.6 Å². The zero-order chi connectivity index (χ0) is 11.9. The predicted octanol–water partition coefficient (Wildman–Crippen LogP) is 2.24. The minimum atomic E-state index is 0.292. The molecule has 0 aliphatic rings. The summed E-state index contributed by atoms with van der Waals surface area (Å²) in [6.45, 7) is 0. The molecule has 1 atom stereocenters. The quantitative estimate of drug-likeness (QED) is 0.771. The van der Waals surface area contributed by atoms with E-state index in [9.17, 15) is 0 Å². The molecule has 2 rings (SSSR count). The largest absolute Gasteiger partial charge is 0.179 e. The van der Waals surface area contributed by atoms with Gasteiger partial charge in [0, 0.05) is 11.7 Å². The summed E-state index contributed by atoms with van der Waals surface area (Å²) in [6.07, 6.45) is 3.24. The van der Waals surface area contributed by atoms with Crippen molar-refractivity contribution in [2.45, 2.75) is 25.2 Å².